The molecular weight excluding hydrogens is 386 g/mol. The molecule has 4 rings (SSSR count). The fourth-order valence-corrected chi connectivity index (χ4v) is 4.40. The summed E-state index contributed by atoms with van der Waals surface area (Å²) in [7, 11) is -3.58. The lowest BCUT2D eigenvalue weighted by atomic mass is 9.71. The first-order valence-corrected chi connectivity index (χ1v) is 10.8. The van der Waals surface area contributed by atoms with E-state index in [1.807, 2.05) is 12.1 Å². The first-order chi connectivity index (χ1) is 12.8. The predicted molar refractivity (Wildman–Crippen MR) is 103 cm³/mol. The molecule has 0 radical (unpaired) electrons. The molecule has 1 aliphatic carbocycles. The largest absolute Gasteiger partial charge is 0.341 e. The minimum Gasteiger partial charge on any atom is -0.341 e. The number of nitrogens with zero attached hydrogens (tertiary/aromatic N) is 2. The third kappa shape index (κ3) is 3.11. The van der Waals surface area contributed by atoms with Crippen molar-refractivity contribution in [3.05, 3.63) is 64.9 Å². The van der Waals surface area contributed by atoms with Gasteiger partial charge in [-0.1, -0.05) is 29.8 Å². The number of nitrogens with one attached hydrogen (secondary N) is 1. The van der Waals surface area contributed by atoms with E-state index >= 15 is 0 Å². The minimum absolute atomic E-state index is 0.108. The number of pyridine rings is 1. The van der Waals surface area contributed by atoms with Crippen molar-refractivity contribution in [1.29, 1.82) is 0 Å². The molecule has 1 aliphatic rings. The van der Waals surface area contributed by atoms with E-state index in [9.17, 15) is 13.2 Å². The summed E-state index contributed by atoms with van der Waals surface area (Å²) < 4.78 is 25.6. The summed E-state index contributed by atoms with van der Waals surface area (Å²) in [5.41, 5.74) is 1.08. The van der Waals surface area contributed by atoms with Gasteiger partial charge in [0.1, 0.15) is 0 Å². The molecule has 2 aromatic heterocycles. The van der Waals surface area contributed by atoms with E-state index in [4.69, 9.17) is 11.6 Å². The van der Waals surface area contributed by atoms with Gasteiger partial charge in [0.15, 0.2) is 5.69 Å². The number of halogens is 1. The fraction of sp³-hybridized carbons (Fsp3) is 0.263. The molecule has 0 bridgehead atoms. The highest BCUT2D eigenvalue weighted by molar-refractivity contribution is 7.90. The fourth-order valence-electron chi connectivity index (χ4n) is 3.50. The summed E-state index contributed by atoms with van der Waals surface area (Å²) in [6.45, 7) is 0. The van der Waals surface area contributed by atoms with Crippen LogP contribution in [-0.2, 0) is 15.4 Å². The Morgan fingerprint density at radius 3 is 2.48 bits per heavy atom. The van der Waals surface area contributed by atoms with Gasteiger partial charge in [0.25, 0.3) is 5.91 Å². The molecule has 1 amide bonds. The van der Waals surface area contributed by atoms with E-state index in [1.54, 1.807) is 36.5 Å². The zero-order chi connectivity index (χ0) is 19.2. The van der Waals surface area contributed by atoms with Crippen molar-refractivity contribution < 1.29 is 13.2 Å². The van der Waals surface area contributed by atoms with Gasteiger partial charge in [-0.2, -0.15) is 0 Å². The number of rotatable bonds is 4. The second kappa shape index (κ2) is 6.35. The van der Waals surface area contributed by atoms with E-state index in [0.29, 0.717) is 10.5 Å². The van der Waals surface area contributed by atoms with Gasteiger partial charge in [-0.25, -0.2) is 13.4 Å². The molecule has 6 nitrogen and oxygen atoms in total. The topological polar surface area (TPSA) is 80.5 Å². The molecule has 1 N–H and O–H groups in total. The smallest absolute Gasteiger partial charge is 0.272 e. The molecule has 27 heavy (non-hydrogen) atoms. The maximum atomic E-state index is 13.0. The van der Waals surface area contributed by atoms with Gasteiger partial charge >= 0.3 is 0 Å². The quantitative estimate of drug-likeness (QED) is 0.725. The van der Waals surface area contributed by atoms with Crippen LogP contribution in [0.15, 0.2) is 53.8 Å². The Bertz CT molecular complexity index is 1130. The molecule has 0 saturated heterocycles. The molecule has 1 saturated carbocycles. The number of imidazole rings is 1. The van der Waals surface area contributed by atoms with Crippen molar-refractivity contribution >= 4 is 32.9 Å². The van der Waals surface area contributed by atoms with E-state index in [2.05, 4.69) is 10.3 Å². The Kier molecular flexibility index (Phi) is 4.24. The Morgan fingerprint density at radius 2 is 1.89 bits per heavy atom. The standard InChI is InChI=1S/C19H18ClN3O3S/c1-27(25,26)18-21-16(15-5-2-3-12-23(15)18)17(24)22-19(10-4-11-19)13-6-8-14(20)9-7-13/h2-3,5-9,12H,4,10-11H2,1H3,(H,22,24). The summed E-state index contributed by atoms with van der Waals surface area (Å²) in [5.74, 6) is -0.386. The van der Waals surface area contributed by atoms with E-state index in [-0.39, 0.29) is 16.8 Å². The van der Waals surface area contributed by atoms with Crippen LogP contribution in [0.4, 0.5) is 0 Å². The molecule has 8 heteroatoms. The van der Waals surface area contributed by atoms with Crippen molar-refractivity contribution in [2.45, 2.75) is 30.0 Å². The van der Waals surface area contributed by atoms with Crippen LogP contribution in [0.3, 0.4) is 0 Å². The van der Waals surface area contributed by atoms with Gasteiger partial charge in [-0.05, 0) is 49.1 Å². The number of carbonyl (C=O) groups excluding carboxylic acids is 1. The number of hydrogen-bond acceptors (Lipinski definition) is 4. The lowest BCUT2D eigenvalue weighted by molar-refractivity contribution is 0.0820. The van der Waals surface area contributed by atoms with Crippen molar-refractivity contribution in [2.24, 2.45) is 0 Å². The third-order valence-corrected chi connectivity index (χ3v) is 6.22. The van der Waals surface area contributed by atoms with Crippen LogP contribution in [0.5, 0.6) is 0 Å². The zero-order valence-corrected chi connectivity index (χ0v) is 16.2. The van der Waals surface area contributed by atoms with E-state index in [0.717, 1.165) is 31.1 Å². The summed E-state index contributed by atoms with van der Waals surface area (Å²) in [6.07, 6.45) is 5.29. The Balaban J connectivity index is 1.74. The lowest BCUT2D eigenvalue weighted by Crippen LogP contribution is -2.50. The van der Waals surface area contributed by atoms with Gasteiger partial charge < -0.3 is 5.32 Å². The second-order valence-corrected chi connectivity index (χ2v) is 9.21. The number of sulfone groups is 1. The Hall–Kier alpha value is -2.38. The van der Waals surface area contributed by atoms with Crippen LogP contribution in [0.25, 0.3) is 5.52 Å². The van der Waals surface area contributed by atoms with Crippen LogP contribution in [0.2, 0.25) is 5.02 Å². The lowest BCUT2D eigenvalue weighted by Gasteiger charge is -2.43. The van der Waals surface area contributed by atoms with Crippen molar-refractivity contribution in [3.63, 3.8) is 0 Å². The molecule has 1 fully saturated rings. The number of hydrogen-bond donors (Lipinski definition) is 1. The zero-order valence-electron chi connectivity index (χ0n) is 14.6. The molecule has 0 aliphatic heterocycles. The molecular formula is C19H18ClN3O3S. The van der Waals surface area contributed by atoms with E-state index < -0.39 is 15.4 Å². The van der Waals surface area contributed by atoms with Gasteiger partial charge in [-0.3, -0.25) is 9.20 Å². The van der Waals surface area contributed by atoms with Crippen molar-refractivity contribution in [1.82, 2.24) is 14.7 Å². The highest BCUT2D eigenvalue weighted by atomic mass is 35.5. The SMILES string of the molecule is CS(=O)(=O)c1nc(C(=O)NC2(c3ccc(Cl)cc3)CCC2)c2ccccn12. The van der Waals surface area contributed by atoms with Crippen LogP contribution in [0, 0.1) is 0 Å². The Morgan fingerprint density at radius 1 is 1.19 bits per heavy atom. The normalized spacial score (nSPS) is 16.1. The second-order valence-electron chi connectivity index (χ2n) is 6.87. The summed E-state index contributed by atoms with van der Waals surface area (Å²) >= 11 is 5.98. The molecule has 2 heterocycles. The molecule has 3 aromatic rings. The summed E-state index contributed by atoms with van der Waals surface area (Å²) in [5, 5.41) is 3.58. The number of carbonyl (C=O) groups is 1. The Labute approximate surface area is 162 Å². The maximum absolute atomic E-state index is 13.0. The van der Waals surface area contributed by atoms with Gasteiger partial charge in [0, 0.05) is 17.5 Å². The van der Waals surface area contributed by atoms with Gasteiger partial charge in [0.2, 0.25) is 15.0 Å². The summed E-state index contributed by atoms with van der Waals surface area (Å²) in [4.78, 5) is 17.2. The van der Waals surface area contributed by atoms with E-state index in [1.165, 1.54) is 4.40 Å². The number of fused-ring (bicyclic) bond motifs is 1. The maximum Gasteiger partial charge on any atom is 0.272 e. The third-order valence-electron chi connectivity index (χ3n) is 5.02. The molecule has 0 spiro atoms. The minimum atomic E-state index is -3.58. The average molecular weight is 404 g/mol. The number of amides is 1. The molecule has 1 aromatic carbocycles. The van der Waals surface area contributed by atoms with Crippen LogP contribution in [0.1, 0.15) is 35.3 Å². The van der Waals surface area contributed by atoms with Crippen LogP contribution in [-0.4, -0.2) is 30.0 Å². The number of benzene rings is 1. The van der Waals surface area contributed by atoms with Crippen molar-refractivity contribution in [3.8, 4) is 0 Å². The monoisotopic (exact) mass is 403 g/mol. The van der Waals surface area contributed by atoms with Crippen molar-refractivity contribution in [2.75, 3.05) is 6.26 Å². The highest BCUT2D eigenvalue weighted by Gasteiger charge is 2.41. The molecule has 0 unspecified atom stereocenters. The predicted octanol–water partition coefficient (Wildman–Crippen LogP) is 3.20. The number of aromatic nitrogens is 2. The first-order valence-electron chi connectivity index (χ1n) is 8.56. The molecule has 0 atom stereocenters. The van der Waals surface area contributed by atoms with Crippen LogP contribution >= 0.6 is 11.6 Å². The van der Waals surface area contributed by atoms with Crippen LogP contribution < -0.4 is 5.32 Å². The van der Waals surface area contributed by atoms with Gasteiger partial charge in [0.05, 0.1) is 11.1 Å². The van der Waals surface area contributed by atoms with Gasteiger partial charge in [-0.15, -0.1) is 0 Å². The average Bonchev–Trinajstić information content (AvgIpc) is 2.99. The first kappa shape index (κ1) is 18.0. The summed E-state index contributed by atoms with van der Waals surface area (Å²) in [6, 6.07) is 12.6. The molecule has 140 valence electrons. The highest BCUT2D eigenvalue weighted by Crippen LogP contribution is 2.41.